The Bertz CT molecular complexity index is 297. The van der Waals surface area contributed by atoms with Gasteiger partial charge in [0.15, 0.2) is 0 Å². The maximum atomic E-state index is 11.8. The molecule has 1 atom stereocenters. The molecule has 0 aliphatic carbocycles. The topological polar surface area (TPSA) is 54.5 Å². The molecule has 0 spiro atoms. The lowest BCUT2D eigenvalue weighted by Crippen LogP contribution is -2.47. The zero-order chi connectivity index (χ0) is 10.8. The van der Waals surface area contributed by atoms with Crippen LogP contribution in [0.3, 0.4) is 0 Å². The van der Waals surface area contributed by atoms with E-state index in [-0.39, 0.29) is 0 Å². The molecular weight excluding hydrogens is 202 g/mol. The van der Waals surface area contributed by atoms with Crippen molar-refractivity contribution in [1.82, 2.24) is 4.31 Å². The molecule has 0 saturated carbocycles. The van der Waals surface area contributed by atoms with Gasteiger partial charge in [0, 0.05) is 6.54 Å². The van der Waals surface area contributed by atoms with E-state index in [4.69, 9.17) is 0 Å². The van der Waals surface area contributed by atoms with Gasteiger partial charge >= 0.3 is 0 Å². The number of nitrogens with zero attached hydrogens (tertiary/aromatic N) is 1. The van der Waals surface area contributed by atoms with Crippen molar-refractivity contribution >= 4 is 16.3 Å². The van der Waals surface area contributed by atoms with Crippen molar-refractivity contribution in [2.24, 2.45) is 0 Å². The summed E-state index contributed by atoms with van der Waals surface area (Å²) in [6.07, 6.45) is 3.21. The largest absolute Gasteiger partial charge is 0.302 e. The number of hydrogen-bond acceptors (Lipinski definition) is 3. The lowest BCUT2D eigenvalue weighted by molar-refractivity contribution is -0.111. The molecule has 0 aromatic carbocycles. The molecular formula is C9H17NO3S. The van der Waals surface area contributed by atoms with E-state index in [1.165, 1.54) is 4.31 Å². The summed E-state index contributed by atoms with van der Waals surface area (Å²) in [6.45, 7) is 3.78. The van der Waals surface area contributed by atoms with Crippen molar-refractivity contribution in [2.45, 2.75) is 44.4 Å². The molecule has 14 heavy (non-hydrogen) atoms. The smallest absolute Gasteiger partial charge is 0.217 e. The van der Waals surface area contributed by atoms with Crippen LogP contribution in [0, 0.1) is 0 Å². The first kappa shape index (κ1) is 11.7. The van der Waals surface area contributed by atoms with Gasteiger partial charge in [-0.2, -0.15) is 4.31 Å². The van der Waals surface area contributed by atoms with Gasteiger partial charge in [-0.3, -0.25) is 0 Å². The summed E-state index contributed by atoms with van der Waals surface area (Å²) in [5.41, 5.74) is 0. The van der Waals surface area contributed by atoms with E-state index in [2.05, 4.69) is 0 Å². The SMILES string of the molecule is CC(C)S(=O)(=O)N1CCCCC1C=O. The first-order valence-corrected chi connectivity index (χ1v) is 6.46. The van der Waals surface area contributed by atoms with Crippen LogP contribution < -0.4 is 0 Å². The standard InChI is InChI=1S/C9H17NO3S/c1-8(2)14(12,13)10-6-4-3-5-9(10)7-11/h7-9H,3-6H2,1-2H3. The Labute approximate surface area is 85.3 Å². The normalized spacial score (nSPS) is 25.2. The average Bonchev–Trinajstić information content (AvgIpc) is 2.17. The van der Waals surface area contributed by atoms with Crippen molar-refractivity contribution < 1.29 is 13.2 Å². The maximum absolute atomic E-state index is 11.8. The highest BCUT2D eigenvalue weighted by Gasteiger charge is 2.33. The molecule has 4 nitrogen and oxygen atoms in total. The van der Waals surface area contributed by atoms with E-state index >= 15 is 0 Å². The van der Waals surface area contributed by atoms with Crippen LogP contribution in [0.25, 0.3) is 0 Å². The van der Waals surface area contributed by atoms with E-state index in [1.807, 2.05) is 0 Å². The predicted molar refractivity (Wildman–Crippen MR) is 54.5 cm³/mol. The average molecular weight is 219 g/mol. The number of sulfonamides is 1. The number of hydrogen-bond donors (Lipinski definition) is 0. The monoisotopic (exact) mass is 219 g/mol. The van der Waals surface area contributed by atoms with Gasteiger partial charge < -0.3 is 4.79 Å². The van der Waals surface area contributed by atoms with Gasteiger partial charge in [-0.15, -0.1) is 0 Å². The summed E-state index contributed by atoms with van der Waals surface area (Å²) in [5, 5.41) is -0.442. The number of piperidine rings is 1. The zero-order valence-electron chi connectivity index (χ0n) is 8.64. The van der Waals surface area contributed by atoms with Gasteiger partial charge in [-0.1, -0.05) is 6.42 Å². The molecule has 1 aliphatic rings. The molecule has 1 saturated heterocycles. The van der Waals surface area contributed by atoms with Crippen LogP contribution in [0.4, 0.5) is 0 Å². The van der Waals surface area contributed by atoms with Crippen LogP contribution in [0.15, 0.2) is 0 Å². The van der Waals surface area contributed by atoms with E-state index < -0.39 is 21.3 Å². The molecule has 0 aromatic heterocycles. The van der Waals surface area contributed by atoms with Crippen molar-refractivity contribution in [2.75, 3.05) is 6.54 Å². The van der Waals surface area contributed by atoms with Gasteiger partial charge in [0.25, 0.3) is 0 Å². The Kier molecular flexibility index (Phi) is 3.66. The molecule has 1 heterocycles. The van der Waals surface area contributed by atoms with Crippen molar-refractivity contribution in [3.63, 3.8) is 0 Å². The highest BCUT2D eigenvalue weighted by Crippen LogP contribution is 2.21. The Morgan fingerprint density at radius 2 is 2.00 bits per heavy atom. The highest BCUT2D eigenvalue weighted by molar-refractivity contribution is 7.89. The summed E-state index contributed by atoms with van der Waals surface area (Å²) in [7, 11) is -3.26. The third kappa shape index (κ3) is 2.15. The molecule has 5 heteroatoms. The quantitative estimate of drug-likeness (QED) is 0.659. The van der Waals surface area contributed by atoms with Crippen LogP contribution in [-0.4, -0.2) is 36.8 Å². The minimum atomic E-state index is -3.26. The van der Waals surface area contributed by atoms with Gasteiger partial charge in [0.2, 0.25) is 10.0 Å². The lowest BCUT2D eigenvalue weighted by atomic mass is 10.1. The molecule has 0 bridgehead atoms. The van der Waals surface area contributed by atoms with E-state index in [1.54, 1.807) is 13.8 Å². The molecule has 1 fully saturated rings. The van der Waals surface area contributed by atoms with Crippen LogP contribution in [0.1, 0.15) is 33.1 Å². The van der Waals surface area contributed by atoms with Gasteiger partial charge in [-0.25, -0.2) is 8.42 Å². The molecule has 82 valence electrons. The van der Waals surface area contributed by atoms with Crippen LogP contribution in [0.2, 0.25) is 0 Å². The number of aldehydes is 1. The van der Waals surface area contributed by atoms with E-state index in [0.29, 0.717) is 13.0 Å². The second kappa shape index (κ2) is 4.40. The zero-order valence-corrected chi connectivity index (χ0v) is 9.46. The third-order valence-electron chi connectivity index (χ3n) is 2.58. The fraction of sp³-hybridized carbons (Fsp3) is 0.889. The third-order valence-corrected chi connectivity index (χ3v) is 4.88. The summed E-state index contributed by atoms with van der Waals surface area (Å²) >= 11 is 0. The summed E-state index contributed by atoms with van der Waals surface area (Å²) in [4.78, 5) is 10.7. The molecule has 0 radical (unpaired) electrons. The summed E-state index contributed by atoms with van der Waals surface area (Å²) in [6, 6.07) is -0.434. The molecule has 0 aromatic rings. The Balaban J connectivity index is 2.88. The highest BCUT2D eigenvalue weighted by atomic mass is 32.2. The van der Waals surface area contributed by atoms with Crippen molar-refractivity contribution in [3.05, 3.63) is 0 Å². The number of carbonyl (C=O) groups excluding carboxylic acids is 1. The molecule has 1 rings (SSSR count). The molecule has 1 aliphatic heterocycles. The minimum Gasteiger partial charge on any atom is -0.302 e. The van der Waals surface area contributed by atoms with E-state index in [9.17, 15) is 13.2 Å². The summed E-state index contributed by atoms with van der Waals surface area (Å²) < 4.78 is 25.0. The second-order valence-corrected chi connectivity index (χ2v) is 6.35. The fourth-order valence-corrected chi connectivity index (χ4v) is 3.11. The second-order valence-electron chi connectivity index (χ2n) is 3.90. The van der Waals surface area contributed by atoms with Gasteiger partial charge in [-0.05, 0) is 26.7 Å². The van der Waals surface area contributed by atoms with Crippen LogP contribution in [-0.2, 0) is 14.8 Å². The Morgan fingerprint density at radius 3 is 2.50 bits per heavy atom. The number of rotatable bonds is 3. The van der Waals surface area contributed by atoms with E-state index in [0.717, 1.165) is 19.1 Å². The van der Waals surface area contributed by atoms with Crippen molar-refractivity contribution in [3.8, 4) is 0 Å². The lowest BCUT2D eigenvalue weighted by Gasteiger charge is -2.32. The minimum absolute atomic E-state index is 0.434. The molecule has 0 amide bonds. The number of carbonyl (C=O) groups is 1. The molecule has 1 unspecified atom stereocenters. The van der Waals surface area contributed by atoms with Gasteiger partial charge in [0.05, 0.1) is 11.3 Å². The van der Waals surface area contributed by atoms with Gasteiger partial charge in [0.1, 0.15) is 6.29 Å². The first-order valence-electron chi connectivity index (χ1n) is 4.96. The fourth-order valence-electron chi connectivity index (χ4n) is 1.65. The molecule has 0 N–H and O–H groups in total. The van der Waals surface area contributed by atoms with Crippen LogP contribution in [0.5, 0.6) is 0 Å². The maximum Gasteiger partial charge on any atom is 0.217 e. The predicted octanol–water partition coefficient (Wildman–Crippen LogP) is 0.778. The summed E-state index contributed by atoms with van der Waals surface area (Å²) in [5.74, 6) is 0. The van der Waals surface area contributed by atoms with Crippen molar-refractivity contribution in [1.29, 1.82) is 0 Å². The Morgan fingerprint density at radius 1 is 1.36 bits per heavy atom. The first-order chi connectivity index (χ1) is 6.50. The Hall–Kier alpha value is -0.420. The van der Waals surface area contributed by atoms with Crippen LogP contribution >= 0.6 is 0 Å².